The van der Waals surface area contributed by atoms with E-state index in [4.69, 9.17) is 4.74 Å². The van der Waals surface area contributed by atoms with Crippen LogP contribution in [-0.2, 0) is 4.74 Å². The van der Waals surface area contributed by atoms with Crippen LogP contribution in [0.4, 0.5) is 0 Å². The summed E-state index contributed by atoms with van der Waals surface area (Å²) in [6.45, 7) is 5.72. The van der Waals surface area contributed by atoms with Crippen LogP contribution in [0.1, 0.15) is 32.6 Å². The van der Waals surface area contributed by atoms with Crippen molar-refractivity contribution in [2.45, 2.75) is 44.3 Å². The molecule has 1 N–H and O–H groups in total. The fourth-order valence-electron chi connectivity index (χ4n) is 2.64. The van der Waals surface area contributed by atoms with Gasteiger partial charge in [-0.25, -0.2) is 0 Å². The third-order valence-electron chi connectivity index (χ3n) is 3.38. The van der Waals surface area contributed by atoms with E-state index in [0.29, 0.717) is 6.10 Å². The van der Waals surface area contributed by atoms with E-state index in [1.807, 2.05) is 0 Å². The first-order valence-corrected chi connectivity index (χ1v) is 5.74. The summed E-state index contributed by atoms with van der Waals surface area (Å²) in [6, 6.07) is 0. The van der Waals surface area contributed by atoms with E-state index in [-0.39, 0.29) is 0 Å². The van der Waals surface area contributed by atoms with Crippen LogP contribution < -0.4 is 0 Å². The van der Waals surface area contributed by atoms with Gasteiger partial charge in [0, 0.05) is 19.6 Å². The molecule has 3 heteroatoms. The smallest absolute Gasteiger partial charge is 0.0774 e. The van der Waals surface area contributed by atoms with E-state index in [0.717, 1.165) is 39.1 Å². The van der Waals surface area contributed by atoms with Crippen molar-refractivity contribution in [2.75, 3.05) is 26.2 Å². The van der Waals surface area contributed by atoms with Gasteiger partial charge in [-0.1, -0.05) is 12.8 Å². The summed E-state index contributed by atoms with van der Waals surface area (Å²) < 4.78 is 5.48. The second-order valence-electron chi connectivity index (χ2n) is 4.85. The molecular formula is C11H21NO2. The summed E-state index contributed by atoms with van der Waals surface area (Å²) in [5.74, 6) is 0. The van der Waals surface area contributed by atoms with Gasteiger partial charge in [-0.2, -0.15) is 0 Å². The van der Waals surface area contributed by atoms with Gasteiger partial charge in [0.05, 0.1) is 18.3 Å². The molecule has 1 saturated carbocycles. The Morgan fingerprint density at radius 2 is 2.14 bits per heavy atom. The molecule has 3 nitrogen and oxygen atoms in total. The number of morpholine rings is 1. The zero-order valence-electron chi connectivity index (χ0n) is 9.04. The van der Waals surface area contributed by atoms with Crippen molar-refractivity contribution in [3.63, 3.8) is 0 Å². The summed E-state index contributed by atoms with van der Waals surface area (Å²) in [5, 5.41) is 10.2. The van der Waals surface area contributed by atoms with Gasteiger partial charge in [-0.05, 0) is 19.8 Å². The Morgan fingerprint density at radius 1 is 1.43 bits per heavy atom. The molecule has 0 aromatic carbocycles. The molecule has 1 aliphatic carbocycles. The molecule has 0 radical (unpaired) electrons. The monoisotopic (exact) mass is 199 g/mol. The van der Waals surface area contributed by atoms with Crippen LogP contribution in [0.15, 0.2) is 0 Å². The highest BCUT2D eigenvalue weighted by Gasteiger charge is 2.34. The summed E-state index contributed by atoms with van der Waals surface area (Å²) >= 11 is 0. The maximum absolute atomic E-state index is 10.2. The maximum Gasteiger partial charge on any atom is 0.0774 e. The third kappa shape index (κ3) is 2.47. The highest BCUT2D eigenvalue weighted by molar-refractivity contribution is 4.88. The van der Waals surface area contributed by atoms with Crippen molar-refractivity contribution in [2.24, 2.45) is 0 Å². The molecule has 0 bridgehead atoms. The van der Waals surface area contributed by atoms with E-state index in [1.54, 1.807) is 0 Å². The van der Waals surface area contributed by atoms with Gasteiger partial charge < -0.3 is 9.84 Å². The molecule has 1 unspecified atom stereocenters. The van der Waals surface area contributed by atoms with Crippen LogP contribution in [0.2, 0.25) is 0 Å². The van der Waals surface area contributed by atoms with Gasteiger partial charge in [0.1, 0.15) is 0 Å². The molecule has 14 heavy (non-hydrogen) atoms. The highest BCUT2D eigenvalue weighted by atomic mass is 16.5. The van der Waals surface area contributed by atoms with Crippen LogP contribution in [0.5, 0.6) is 0 Å². The minimum atomic E-state index is -0.392. The van der Waals surface area contributed by atoms with Gasteiger partial charge in [0.2, 0.25) is 0 Å². The minimum Gasteiger partial charge on any atom is -0.389 e. The molecule has 1 aliphatic heterocycles. The van der Waals surface area contributed by atoms with Crippen LogP contribution in [0, 0.1) is 0 Å². The average Bonchev–Trinajstić information content (AvgIpc) is 2.51. The lowest BCUT2D eigenvalue weighted by molar-refractivity contribution is -0.0562. The Morgan fingerprint density at radius 3 is 2.79 bits per heavy atom. The van der Waals surface area contributed by atoms with Crippen LogP contribution >= 0.6 is 0 Å². The van der Waals surface area contributed by atoms with Crippen molar-refractivity contribution < 1.29 is 9.84 Å². The van der Waals surface area contributed by atoms with Crippen molar-refractivity contribution >= 4 is 0 Å². The second-order valence-corrected chi connectivity index (χ2v) is 4.85. The summed E-state index contributed by atoms with van der Waals surface area (Å²) in [5.41, 5.74) is -0.392. The first-order valence-electron chi connectivity index (χ1n) is 5.74. The maximum atomic E-state index is 10.2. The van der Waals surface area contributed by atoms with Gasteiger partial charge in [0.15, 0.2) is 0 Å². The molecule has 0 amide bonds. The molecule has 0 spiro atoms. The second kappa shape index (κ2) is 4.17. The fourth-order valence-corrected chi connectivity index (χ4v) is 2.64. The normalized spacial score (nSPS) is 33.4. The van der Waals surface area contributed by atoms with Crippen molar-refractivity contribution in [1.82, 2.24) is 4.90 Å². The molecule has 1 saturated heterocycles. The molecule has 2 fully saturated rings. The minimum absolute atomic E-state index is 0.328. The highest BCUT2D eigenvalue weighted by Crippen LogP contribution is 2.30. The Bertz CT molecular complexity index is 190. The lowest BCUT2D eigenvalue weighted by Gasteiger charge is -2.36. The SMILES string of the molecule is CC1CN(CC2(O)CCCC2)CCO1. The number of β-amino-alcohol motifs (C(OH)–C–C–N with tert-alkyl or cyclic N) is 1. The molecule has 2 rings (SSSR count). The standard InChI is InChI=1S/C11H21NO2/c1-10-8-12(6-7-14-10)9-11(13)4-2-3-5-11/h10,13H,2-9H2,1H3. The van der Waals surface area contributed by atoms with Crippen LogP contribution in [0.3, 0.4) is 0 Å². The number of nitrogens with zero attached hydrogens (tertiary/aromatic N) is 1. The molecule has 0 aromatic heterocycles. The van der Waals surface area contributed by atoms with E-state index in [2.05, 4.69) is 11.8 Å². The summed E-state index contributed by atoms with van der Waals surface area (Å²) in [7, 11) is 0. The quantitative estimate of drug-likeness (QED) is 0.720. The first-order chi connectivity index (χ1) is 6.68. The van der Waals surface area contributed by atoms with E-state index >= 15 is 0 Å². The molecule has 2 aliphatic rings. The van der Waals surface area contributed by atoms with E-state index < -0.39 is 5.60 Å². The number of hydrogen-bond acceptors (Lipinski definition) is 3. The molecule has 82 valence electrons. The lowest BCUT2D eigenvalue weighted by Crippen LogP contribution is -2.48. The zero-order valence-corrected chi connectivity index (χ0v) is 9.04. The summed E-state index contributed by atoms with van der Waals surface area (Å²) in [6.07, 6.45) is 4.68. The predicted molar refractivity (Wildman–Crippen MR) is 55.3 cm³/mol. The Balaban J connectivity index is 1.83. The lowest BCUT2D eigenvalue weighted by atomic mass is 10.0. The average molecular weight is 199 g/mol. The number of rotatable bonds is 2. The van der Waals surface area contributed by atoms with Crippen molar-refractivity contribution in [3.8, 4) is 0 Å². The Kier molecular flexibility index (Phi) is 3.10. The molecule has 0 aromatic rings. The van der Waals surface area contributed by atoms with E-state index in [1.165, 1.54) is 12.8 Å². The first kappa shape index (κ1) is 10.4. The topological polar surface area (TPSA) is 32.7 Å². The zero-order chi connectivity index (χ0) is 10.0. The molecule has 1 atom stereocenters. The molecular weight excluding hydrogens is 178 g/mol. The number of aliphatic hydroxyl groups is 1. The molecule has 1 heterocycles. The van der Waals surface area contributed by atoms with E-state index in [9.17, 15) is 5.11 Å². The third-order valence-corrected chi connectivity index (χ3v) is 3.38. The van der Waals surface area contributed by atoms with Gasteiger partial charge in [-0.15, -0.1) is 0 Å². The van der Waals surface area contributed by atoms with Gasteiger partial charge in [-0.3, -0.25) is 4.90 Å². The van der Waals surface area contributed by atoms with Crippen molar-refractivity contribution in [3.05, 3.63) is 0 Å². The fraction of sp³-hybridized carbons (Fsp3) is 1.00. The number of ether oxygens (including phenoxy) is 1. The Labute approximate surface area is 86.0 Å². The Hall–Kier alpha value is -0.120. The van der Waals surface area contributed by atoms with Crippen LogP contribution in [0.25, 0.3) is 0 Å². The van der Waals surface area contributed by atoms with Gasteiger partial charge >= 0.3 is 0 Å². The van der Waals surface area contributed by atoms with Crippen molar-refractivity contribution in [1.29, 1.82) is 0 Å². The van der Waals surface area contributed by atoms with Crippen LogP contribution in [-0.4, -0.2) is 48.0 Å². The summed E-state index contributed by atoms with van der Waals surface area (Å²) in [4.78, 5) is 2.35. The van der Waals surface area contributed by atoms with Gasteiger partial charge in [0.25, 0.3) is 0 Å². The predicted octanol–water partition coefficient (Wildman–Crippen LogP) is 1.01. The largest absolute Gasteiger partial charge is 0.389 e. The number of hydrogen-bond donors (Lipinski definition) is 1.